The first-order valence-electron chi connectivity index (χ1n) is 11.8. The van der Waals surface area contributed by atoms with Crippen LogP contribution in [0.3, 0.4) is 0 Å². The van der Waals surface area contributed by atoms with Gasteiger partial charge in [0.15, 0.2) is 5.69 Å². The van der Waals surface area contributed by atoms with Gasteiger partial charge in [-0.05, 0) is 49.3 Å². The van der Waals surface area contributed by atoms with E-state index in [1.165, 1.54) is 20.6 Å². The molecule has 8 nitrogen and oxygen atoms in total. The number of rotatable bonds is 8. The molecule has 1 fully saturated rings. The molecule has 3 N–H and O–H groups in total. The maximum atomic E-state index is 13.6. The van der Waals surface area contributed by atoms with Gasteiger partial charge in [0, 0.05) is 19.1 Å². The summed E-state index contributed by atoms with van der Waals surface area (Å²) >= 11 is 0. The van der Waals surface area contributed by atoms with Gasteiger partial charge in [-0.2, -0.15) is 0 Å². The second kappa shape index (κ2) is 10.4. The number of aromatic nitrogens is 2. The van der Waals surface area contributed by atoms with Crippen molar-refractivity contribution in [2.45, 2.75) is 60.0 Å². The molecule has 2 aromatic rings. The zero-order valence-electron chi connectivity index (χ0n) is 20.4. The molecule has 1 aromatic heterocycles. The Bertz CT molecular complexity index is 1100. The number of aromatic amines is 1. The number of likely N-dealkylation sites (tertiary alicyclic amines) is 1. The monoisotopic (exact) mass is 455 g/mol. The Labute approximate surface area is 195 Å². The van der Waals surface area contributed by atoms with Crippen LogP contribution < -0.4 is 21.9 Å². The largest absolute Gasteiger partial charge is 0.383 e. The molecule has 2 heterocycles. The molecule has 180 valence electrons. The number of carbonyl (C=O) groups is 1. The Hall–Kier alpha value is -2.87. The quantitative estimate of drug-likeness (QED) is 0.637. The predicted octanol–water partition coefficient (Wildman–Crippen LogP) is 2.91. The van der Waals surface area contributed by atoms with E-state index >= 15 is 0 Å². The lowest BCUT2D eigenvalue weighted by Crippen LogP contribution is -2.46. The number of H-pyrrole nitrogens is 1. The molecule has 1 aliphatic rings. The normalized spacial score (nSPS) is 16.6. The van der Waals surface area contributed by atoms with Crippen molar-refractivity contribution in [3.8, 4) is 0 Å². The first kappa shape index (κ1) is 24.8. The van der Waals surface area contributed by atoms with Gasteiger partial charge in [0.1, 0.15) is 5.82 Å². The number of nitrogens with one attached hydrogen (secondary N) is 1. The van der Waals surface area contributed by atoms with Crippen molar-refractivity contribution < 1.29 is 4.79 Å². The topological polar surface area (TPSA) is 104 Å². The summed E-state index contributed by atoms with van der Waals surface area (Å²) in [5.41, 5.74) is 7.68. The van der Waals surface area contributed by atoms with Crippen molar-refractivity contribution in [2.75, 3.05) is 30.3 Å². The number of hydrogen-bond acceptors (Lipinski definition) is 5. The SMILES string of the molecule is Cc1ccccc1C1CCCN1CC(=O)N(CC(C)C)c1c(N)n(CC(C)C)c(=O)[nH]c1=O. The van der Waals surface area contributed by atoms with E-state index in [4.69, 9.17) is 5.73 Å². The van der Waals surface area contributed by atoms with E-state index in [1.54, 1.807) is 0 Å². The Balaban J connectivity index is 1.96. The number of carbonyl (C=O) groups excluding carboxylic acids is 1. The van der Waals surface area contributed by atoms with E-state index in [9.17, 15) is 14.4 Å². The van der Waals surface area contributed by atoms with E-state index in [1.807, 2.05) is 39.8 Å². The average Bonchev–Trinajstić information content (AvgIpc) is 3.18. The van der Waals surface area contributed by atoms with E-state index in [0.717, 1.165) is 19.4 Å². The third-order valence-corrected chi connectivity index (χ3v) is 6.13. The van der Waals surface area contributed by atoms with E-state index in [-0.39, 0.29) is 41.8 Å². The molecule has 0 aliphatic carbocycles. The predicted molar refractivity (Wildman–Crippen MR) is 132 cm³/mol. The molecule has 0 saturated carbocycles. The van der Waals surface area contributed by atoms with Crippen LogP contribution in [0.1, 0.15) is 57.7 Å². The van der Waals surface area contributed by atoms with Gasteiger partial charge < -0.3 is 10.6 Å². The maximum Gasteiger partial charge on any atom is 0.330 e. The molecule has 0 spiro atoms. The summed E-state index contributed by atoms with van der Waals surface area (Å²) in [6.45, 7) is 11.7. The Morgan fingerprint density at radius 2 is 1.88 bits per heavy atom. The summed E-state index contributed by atoms with van der Waals surface area (Å²) in [5, 5.41) is 0. The second-order valence-corrected chi connectivity index (χ2v) is 9.88. The zero-order valence-corrected chi connectivity index (χ0v) is 20.4. The molecule has 1 aromatic carbocycles. The van der Waals surface area contributed by atoms with Gasteiger partial charge in [-0.15, -0.1) is 0 Å². The molecule has 33 heavy (non-hydrogen) atoms. The number of nitrogens with two attached hydrogens (primary N) is 1. The van der Waals surface area contributed by atoms with Crippen LogP contribution in [0.5, 0.6) is 0 Å². The van der Waals surface area contributed by atoms with Crippen LogP contribution in [0.15, 0.2) is 33.9 Å². The van der Waals surface area contributed by atoms with Crippen LogP contribution >= 0.6 is 0 Å². The first-order valence-corrected chi connectivity index (χ1v) is 11.8. The van der Waals surface area contributed by atoms with Crippen molar-refractivity contribution in [3.63, 3.8) is 0 Å². The number of anilines is 2. The average molecular weight is 456 g/mol. The van der Waals surface area contributed by atoms with Crippen LogP contribution in [0.4, 0.5) is 11.5 Å². The van der Waals surface area contributed by atoms with Crippen LogP contribution in [-0.4, -0.2) is 40.0 Å². The molecule has 1 saturated heterocycles. The lowest BCUT2D eigenvalue weighted by molar-refractivity contribution is -0.120. The lowest BCUT2D eigenvalue weighted by atomic mass is 9.99. The highest BCUT2D eigenvalue weighted by atomic mass is 16.2. The van der Waals surface area contributed by atoms with E-state index < -0.39 is 11.2 Å². The fraction of sp³-hybridized carbons (Fsp3) is 0.560. The minimum Gasteiger partial charge on any atom is -0.383 e. The molecular formula is C25H37N5O3. The lowest BCUT2D eigenvalue weighted by Gasteiger charge is -2.30. The molecule has 1 unspecified atom stereocenters. The third kappa shape index (κ3) is 5.55. The van der Waals surface area contributed by atoms with Crippen LogP contribution in [0.25, 0.3) is 0 Å². The van der Waals surface area contributed by atoms with Gasteiger partial charge in [-0.3, -0.25) is 24.0 Å². The maximum absolute atomic E-state index is 13.6. The molecular weight excluding hydrogens is 418 g/mol. The highest BCUT2D eigenvalue weighted by molar-refractivity contribution is 5.97. The van der Waals surface area contributed by atoms with Crippen molar-refractivity contribution in [1.29, 1.82) is 0 Å². The van der Waals surface area contributed by atoms with Crippen molar-refractivity contribution in [1.82, 2.24) is 14.5 Å². The summed E-state index contributed by atoms with van der Waals surface area (Å²) in [6, 6.07) is 8.44. The van der Waals surface area contributed by atoms with Gasteiger partial charge in [0.2, 0.25) is 5.91 Å². The minimum absolute atomic E-state index is 0.0447. The number of aryl methyl sites for hydroxylation is 1. The molecule has 0 radical (unpaired) electrons. The van der Waals surface area contributed by atoms with Gasteiger partial charge in [-0.1, -0.05) is 52.0 Å². The van der Waals surface area contributed by atoms with Crippen LogP contribution in [0, 0.1) is 18.8 Å². The fourth-order valence-corrected chi connectivity index (χ4v) is 4.65. The Kier molecular flexibility index (Phi) is 7.79. The summed E-state index contributed by atoms with van der Waals surface area (Å²) in [6.07, 6.45) is 2.00. The summed E-state index contributed by atoms with van der Waals surface area (Å²) in [4.78, 5) is 44.9. The van der Waals surface area contributed by atoms with Gasteiger partial charge in [0.05, 0.1) is 6.54 Å². The second-order valence-electron chi connectivity index (χ2n) is 9.88. The molecule has 1 atom stereocenters. The van der Waals surface area contributed by atoms with Gasteiger partial charge >= 0.3 is 5.69 Å². The number of amides is 1. The number of benzene rings is 1. The highest BCUT2D eigenvalue weighted by Crippen LogP contribution is 2.33. The smallest absolute Gasteiger partial charge is 0.330 e. The summed E-state index contributed by atoms with van der Waals surface area (Å²) < 4.78 is 1.36. The Morgan fingerprint density at radius 1 is 1.18 bits per heavy atom. The third-order valence-electron chi connectivity index (χ3n) is 6.13. The van der Waals surface area contributed by atoms with Crippen LogP contribution in [0.2, 0.25) is 0 Å². The minimum atomic E-state index is -0.622. The summed E-state index contributed by atoms with van der Waals surface area (Å²) in [7, 11) is 0. The Morgan fingerprint density at radius 3 is 2.52 bits per heavy atom. The van der Waals surface area contributed by atoms with Crippen molar-refractivity contribution >= 4 is 17.4 Å². The number of nitrogen functional groups attached to an aromatic ring is 1. The standard InChI is InChI=1S/C25H37N5O3/c1-16(2)13-29(22-23(26)30(14-17(3)4)25(33)27-24(22)32)21(31)15-28-12-8-11-20(28)19-10-7-6-9-18(19)5/h6-7,9-10,16-17,20H,8,11-15,26H2,1-5H3,(H,27,32,33). The zero-order chi connectivity index (χ0) is 24.3. The van der Waals surface area contributed by atoms with Gasteiger partial charge in [-0.25, -0.2) is 4.79 Å². The van der Waals surface area contributed by atoms with Crippen LogP contribution in [-0.2, 0) is 11.3 Å². The molecule has 0 bridgehead atoms. The van der Waals surface area contributed by atoms with E-state index in [2.05, 4.69) is 28.9 Å². The molecule has 1 aliphatic heterocycles. The number of hydrogen-bond donors (Lipinski definition) is 2. The first-order chi connectivity index (χ1) is 15.6. The summed E-state index contributed by atoms with van der Waals surface area (Å²) in [5.74, 6) is 0.126. The highest BCUT2D eigenvalue weighted by Gasteiger charge is 2.32. The van der Waals surface area contributed by atoms with Crippen molar-refractivity contribution in [2.24, 2.45) is 11.8 Å². The number of nitrogens with zero attached hydrogens (tertiary/aromatic N) is 3. The van der Waals surface area contributed by atoms with E-state index in [0.29, 0.717) is 13.1 Å². The fourth-order valence-electron chi connectivity index (χ4n) is 4.65. The molecule has 3 rings (SSSR count). The van der Waals surface area contributed by atoms with Gasteiger partial charge in [0.25, 0.3) is 5.56 Å². The van der Waals surface area contributed by atoms with Crippen molar-refractivity contribution in [3.05, 3.63) is 56.2 Å². The molecule has 8 heteroatoms. The molecule has 1 amide bonds.